The average Bonchev–Trinajstić information content (AvgIpc) is 4.00. The zero-order valence-corrected chi connectivity index (χ0v) is 38.5. The van der Waals surface area contributed by atoms with E-state index in [1.54, 1.807) is 13.0 Å². The molecule has 0 unspecified atom stereocenters. The van der Waals surface area contributed by atoms with Gasteiger partial charge in [-0.05, 0) is 68.6 Å². The number of amides is 6. The Morgan fingerprint density at radius 1 is 0.797 bits per heavy atom. The third kappa shape index (κ3) is 13.5. The number of methoxy groups -OCH3 is 1. The van der Waals surface area contributed by atoms with Gasteiger partial charge in [-0.3, -0.25) is 28.8 Å². The second-order valence-electron chi connectivity index (χ2n) is 17.1. The second-order valence-corrected chi connectivity index (χ2v) is 17.1. The van der Waals surface area contributed by atoms with Gasteiger partial charge < -0.3 is 39.7 Å². The molecular formula is C48H66N6O10. The molecule has 0 aromatic heterocycles. The Morgan fingerprint density at radius 3 is 1.98 bits per heavy atom. The summed E-state index contributed by atoms with van der Waals surface area (Å²) in [6.07, 6.45) is 4.60. The van der Waals surface area contributed by atoms with Crippen LogP contribution in [0.4, 0.5) is 0 Å². The molecule has 7 atom stereocenters. The van der Waals surface area contributed by atoms with Crippen molar-refractivity contribution >= 4 is 53.5 Å². The van der Waals surface area contributed by atoms with Crippen LogP contribution < -0.4 is 10.6 Å². The number of esters is 2. The molecular weight excluding hydrogens is 821 g/mol. The minimum atomic E-state index is -1.12. The minimum Gasteiger partial charge on any atom is -0.467 e. The van der Waals surface area contributed by atoms with E-state index in [0.29, 0.717) is 38.6 Å². The van der Waals surface area contributed by atoms with Gasteiger partial charge in [-0.25, -0.2) is 9.59 Å². The molecule has 0 saturated carbocycles. The van der Waals surface area contributed by atoms with Gasteiger partial charge in [-0.2, -0.15) is 0 Å². The molecule has 6 amide bonds. The lowest BCUT2D eigenvalue weighted by Crippen LogP contribution is -2.58. The summed E-state index contributed by atoms with van der Waals surface area (Å²) in [6, 6.07) is 13.6. The smallest absolute Gasteiger partial charge is 0.331 e. The summed E-state index contributed by atoms with van der Waals surface area (Å²) in [5, 5.41) is 5.40. The Balaban J connectivity index is 1.40. The quantitative estimate of drug-likeness (QED) is 0.147. The lowest BCUT2D eigenvalue weighted by molar-refractivity contribution is -0.161. The van der Waals surface area contributed by atoms with Crippen molar-refractivity contribution in [1.29, 1.82) is 0 Å². The third-order valence-electron chi connectivity index (χ3n) is 12.1. The first-order chi connectivity index (χ1) is 30.5. The SMILES string of the molecule is CC[C@H](C)[C@H](OC(=O)/C=C/c1ccccc1)C(=O)N1CCC[C@H]1C(=O)NCC(=O)N(C)[C@H](CC(C)C)C(=O)N[C@@H](C)C(=O)N(C)[C@H](Cc1ccccc1)C(=O)N1CCC[C@@H]1C(=O)OC. The number of likely N-dealkylation sites (N-methyl/N-ethyl adjacent to an activating group) is 2. The van der Waals surface area contributed by atoms with Gasteiger partial charge in [-0.15, -0.1) is 0 Å². The largest absolute Gasteiger partial charge is 0.467 e. The zero-order chi connectivity index (χ0) is 47.1. The molecule has 2 heterocycles. The van der Waals surface area contributed by atoms with Crippen molar-refractivity contribution in [3.8, 4) is 0 Å². The molecule has 0 bridgehead atoms. The van der Waals surface area contributed by atoms with Gasteiger partial charge >= 0.3 is 11.9 Å². The predicted octanol–water partition coefficient (Wildman–Crippen LogP) is 3.38. The van der Waals surface area contributed by atoms with Crippen LogP contribution in [0, 0.1) is 11.8 Å². The standard InChI is InChI=1S/C48H66N6O10/c1-9-32(4)42(64-41(56)25-24-34-18-12-10-13-19-34)47(61)53-26-16-22-36(53)43(57)49-30-40(55)51(6)38(28-31(2)3)44(58)50-33(5)45(59)52(7)39(29-35-20-14-11-15-21-35)46(60)54-27-17-23-37(54)48(62)63-8/h10-15,18-21,24-25,31-33,36-39,42H,9,16-17,22-23,26-30H2,1-8H3,(H,49,57)(H,50,58)/b25-24+/t32-,33-,36-,37+,38+,39+,42-/m0/s1. The monoisotopic (exact) mass is 886 g/mol. The van der Waals surface area contributed by atoms with Crippen molar-refractivity contribution < 1.29 is 47.8 Å². The highest BCUT2D eigenvalue weighted by atomic mass is 16.5. The molecule has 2 fully saturated rings. The molecule has 0 aliphatic carbocycles. The maximum Gasteiger partial charge on any atom is 0.331 e. The normalized spacial score (nSPS) is 18.4. The van der Waals surface area contributed by atoms with Gasteiger partial charge in [0.2, 0.25) is 29.5 Å². The Bertz CT molecular complexity index is 1980. The Labute approximate surface area is 377 Å². The van der Waals surface area contributed by atoms with E-state index in [9.17, 15) is 38.4 Å². The Kier molecular flexibility index (Phi) is 19.1. The minimum absolute atomic E-state index is 0.0511. The molecule has 2 aromatic carbocycles. The van der Waals surface area contributed by atoms with Crippen LogP contribution in [0.2, 0.25) is 0 Å². The highest BCUT2D eigenvalue weighted by Crippen LogP contribution is 2.25. The molecule has 16 heteroatoms. The number of nitrogens with zero attached hydrogens (tertiary/aromatic N) is 4. The van der Waals surface area contributed by atoms with E-state index in [2.05, 4.69) is 10.6 Å². The number of likely N-dealkylation sites (tertiary alicyclic amines) is 2. The summed E-state index contributed by atoms with van der Waals surface area (Å²) >= 11 is 0. The van der Waals surface area contributed by atoms with Crippen LogP contribution in [0.15, 0.2) is 66.7 Å². The van der Waals surface area contributed by atoms with Gasteiger partial charge in [0.05, 0.1) is 13.7 Å². The fourth-order valence-corrected chi connectivity index (χ4v) is 8.11. The van der Waals surface area contributed by atoms with Crippen LogP contribution >= 0.6 is 0 Å². The van der Waals surface area contributed by atoms with Gasteiger partial charge in [0.25, 0.3) is 5.91 Å². The van der Waals surface area contributed by atoms with E-state index in [1.165, 1.54) is 53.8 Å². The van der Waals surface area contributed by atoms with E-state index >= 15 is 0 Å². The summed E-state index contributed by atoms with van der Waals surface area (Å²) in [7, 11) is 4.21. The van der Waals surface area contributed by atoms with Crippen molar-refractivity contribution in [2.75, 3.05) is 40.8 Å². The van der Waals surface area contributed by atoms with E-state index in [-0.39, 0.29) is 31.2 Å². The van der Waals surface area contributed by atoms with Crippen molar-refractivity contribution in [3.05, 3.63) is 77.9 Å². The molecule has 2 aliphatic rings. The maximum absolute atomic E-state index is 14.1. The van der Waals surface area contributed by atoms with Crippen molar-refractivity contribution in [1.82, 2.24) is 30.2 Å². The maximum atomic E-state index is 14.1. The predicted molar refractivity (Wildman–Crippen MR) is 240 cm³/mol. The summed E-state index contributed by atoms with van der Waals surface area (Å²) in [4.78, 5) is 114. The average molecular weight is 887 g/mol. The number of benzene rings is 2. The first-order valence-electron chi connectivity index (χ1n) is 22.3. The molecule has 4 rings (SSSR count). The fraction of sp³-hybridized carbons (Fsp3) is 0.542. The number of carbonyl (C=O) groups is 8. The van der Waals surface area contributed by atoms with E-state index in [0.717, 1.165) is 11.1 Å². The van der Waals surface area contributed by atoms with Crippen molar-refractivity contribution in [3.63, 3.8) is 0 Å². The number of carbonyl (C=O) groups excluding carboxylic acids is 8. The fourth-order valence-electron chi connectivity index (χ4n) is 8.11. The van der Waals surface area contributed by atoms with Crippen molar-refractivity contribution in [2.24, 2.45) is 11.8 Å². The highest BCUT2D eigenvalue weighted by molar-refractivity contribution is 5.97. The lowest BCUT2D eigenvalue weighted by Gasteiger charge is -2.35. The van der Waals surface area contributed by atoms with Crippen LogP contribution in [-0.2, 0) is 54.3 Å². The third-order valence-corrected chi connectivity index (χ3v) is 12.1. The van der Waals surface area contributed by atoms with Crippen LogP contribution in [0.1, 0.15) is 84.3 Å². The Morgan fingerprint density at radius 2 is 1.39 bits per heavy atom. The lowest BCUT2D eigenvalue weighted by atomic mass is 10.00. The first kappa shape index (κ1) is 50.6. The van der Waals surface area contributed by atoms with Crippen LogP contribution in [0.5, 0.6) is 0 Å². The molecule has 64 heavy (non-hydrogen) atoms. The van der Waals surface area contributed by atoms with Gasteiger partial charge in [0, 0.05) is 45.6 Å². The van der Waals surface area contributed by atoms with Gasteiger partial charge in [0.15, 0.2) is 6.10 Å². The second kappa shape index (κ2) is 24.1. The number of rotatable bonds is 20. The van der Waals surface area contributed by atoms with Gasteiger partial charge in [0.1, 0.15) is 30.2 Å². The van der Waals surface area contributed by atoms with E-state index in [1.807, 2.05) is 81.4 Å². The molecule has 2 N–H and O–H groups in total. The summed E-state index contributed by atoms with van der Waals surface area (Å²) < 4.78 is 10.6. The highest BCUT2D eigenvalue weighted by Gasteiger charge is 2.42. The van der Waals surface area contributed by atoms with Crippen LogP contribution in [0.3, 0.4) is 0 Å². The number of nitrogens with one attached hydrogen (secondary N) is 2. The number of hydrogen-bond acceptors (Lipinski definition) is 10. The summed E-state index contributed by atoms with van der Waals surface area (Å²) in [6.45, 7) is 9.09. The topological polar surface area (TPSA) is 192 Å². The van der Waals surface area contributed by atoms with E-state index in [4.69, 9.17) is 9.47 Å². The van der Waals surface area contributed by atoms with Crippen molar-refractivity contribution in [2.45, 2.75) is 116 Å². The van der Waals surface area contributed by atoms with Crippen LogP contribution in [-0.4, -0.2) is 144 Å². The number of ether oxygens (including phenoxy) is 2. The molecule has 348 valence electrons. The molecule has 16 nitrogen and oxygen atoms in total. The summed E-state index contributed by atoms with van der Waals surface area (Å²) in [5.74, 6) is -4.77. The molecule has 2 aromatic rings. The van der Waals surface area contributed by atoms with Gasteiger partial charge in [-0.1, -0.05) is 88.4 Å². The molecule has 0 spiro atoms. The molecule has 2 aliphatic heterocycles. The first-order valence-corrected chi connectivity index (χ1v) is 22.3. The van der Waals surface area contributed by atoms with E-state index < -0.39 is 90.2 Å². The van der Waals surface area contributed by atoms with Crippen LogP contribution in [0.25, 0.3) is 6.08 Å². The number of hydrogen-bond donors (Lipinski definition) is 2. The molecule has 2 saturated heterocycles. The molecule has 0 radical (unpaired) electrons. The summed E-state index contributed by atoms with van der Waals surface area (Å²) in [5.41, 5.74) is 1.59. The zero-order valence-electron chi connectivity index (χ0n) is 38.5. The Hall–Kier alpha value is -6.06.